The number of alkyl halides is 3. The summed E-state index contributed by atoms with van der Waals surface area (Å²) in [6.45, 7) is 1.22. The normalized spacial score (nSPS) is 21.4. The van der Waals surface area contributed by atoms with Gasteiger partial charge in [0.1, 0.15) is 11.3 Å². The van der Waals surface area contributed by atoms with E-state index >= 15 is 0 Å². The van der Waals surface area contributed by atoms with Gasteiger partial charge in [-0.25, -0.2) is 14.5 Å². The molecular weight excluding hydrogens is 513 g/mol. The summed E-state index contributed by atoms with van der Waals surface area (Å²) in [4.78, 5) is 22.5. The van der Waals surface area contributed by atoms with Crippen LogP contribution in [0.15, 0.2) is 49.2 Å². The highest BCUT2D eigenvalue weighted by atomic mass is 19.4. The van der Waals surface area contributed by atoms with Crippen molar-refractivity contribution >= 4 is 17.1 Å². The van der Waals surface area contributed by atoms with Crippen LogP contribution in [0.3, 0.4) is 0 Å². The van der Waals surface area contributed by atoms with E-state index in [0.29, 0.717) is 30.8 Å². The highest BCUT2D eigenvalue weighted by Crippen LogP contribution is 2.41. The van der Waals surface area contributed by atoms with Gasteiger partial charge in [0.15, 0.2) is 0 Å². The number of nitriles is 1. The van der Waals surface area contributed by atoms with Crippen molar-refractivity contribution in [3.63, 3.8) is 0 Å². The van der Waals surface area contributed by atoms with Crippen molar-refractivity contribution in [2.75, 3.05) is 6.54 Å². The van der Waals surface area contributed by atoms with E-state index in [1.54, 1.807) is 17.3 Å². The summed E-state index contributed by atoms with van der Waals surface area (Å²) in [6.07, 6.45) is 3.63. The van der Waals surface area contributed by atoms with Crippen LogP contribution in [0.1, 0.15) is 42.5 Å². The Balaban J connectivity index is 1.13. The SMILES string of the molecule is N#Cc1ccc2ncn(C[C@H]3CCC[C@]4(C3)CN(Cc3cn(-c5cncc(C(F)(F)F)c5)nn3)C(=O)O4)c2c1. The number of aromatic nitrogens is 6. The molecule has 4 aromatic rings. The first-order valence-electron chi connectivity index (χ1n) is 12.5. The Morgan fingerprint density at radius 1 is 1.23 bits per heavy atom. The molecule has 4 heterocycles. The fourth-order valence-corrected chi connectivity index (χ4v) is 5.60. The fourth-order valence-electron chi connectivity index (χ4n) is 5.60. The van der Waals surface area contributed by atoms with Crippen LogP contribution in [-0.2, 0) is 24.0 Å². The zero-order valence-electron chi connectivity index (χ0n) is 20.7. The van der Waals surface area contributed by atoms with Gasteiger partial charge in [0.05, 0.1) is 65.7 Å². The maximum atomic E-state index is 13.0. The van der Waals surface area contributed by atoms with Crippen LogP contribution in [0.5, 0.6) is 0 Å². The summed E-state index contributed by atoms with van der Waals surface area (Å²) in [5.41, 5.74) is 1.34. The number of carbonyl (C=O) groups is 1. The molecule has 1 aromatic carbocycles. The van der Waals surface area contributed by atoms with Gasteiger partial charge >= 0.3 is 12.3 Å². The van der Waals surface area contributed by atoms with Crippen molar-refractivity contribution < 1.29 is 22.7 Å². The Morgan fingerprint density at radius 3 is 2.92 bits per heavy atom. The van der Waals surface area contributed by atoms with E-state index < -0.39 is 23.4 Å². The number of nitrogens with zero attached hydrogens (tertiary/aromatic N) is 8. The van der Waals surface area contributed by atoms with Gasteiger partial charge in [-0.1, -0.05) is 5.21 Å². The molecule has 1 aliphatic heterocycles. The number of imidazole rings is 1. The number of ether oxygens (including phenoxy) is 1. The average Bonchev–Trinajstić information content (AvgIpc) is 3.62. The van der Waals surface area contributed by atoms with E-state index in [2.05, 4.69) is 30.9 Å². The summed E-state index contributed by atoms with van der Waals surface area (Å²) >= 11 is 0. The van der Waals surface area contributed by atoms with Gasteiger partial charge in [-0.2, -0.15) is 18.4 Å². The molecule has 2 atom stereocenters. The molecule has 1 spiro atoms. The number of pyridine rings is 1. The van der Waals surface area contributed by atoms with E-state index in [1.807, 2.05) is 12.1 Å². The van der Waals surface area contributed by atoms with Gasteiger partial charge in [-0.05, 0) is 55.9 Å². The third kappa shape index (κ3) is 4.89. The third-order valence-corrected chi connectivity index (χ3v) is 7.36. The Kier molecular flexibility index (Phi) is 5.97. The fraction of sp³-hybridized carbons (Fsp3) is 0.385. The molecule has 0 N–H and O–H groups in total. The van der Waals surface area contributed by atoms with Gasteiger partial charge in [0.25, 0.3) is 0 Å². The molecular formula is C26H23F3N8O2. The monoisotopic (exact) mass is 536 g/mol. The summed E-state index contributed by atoms with van der Waals surface area (Å²) in [6, 6.07) is 8.52. The minimum atomic E-state index is -4.53. The lowest BCUT2D eigenvalue weighted by molar-refractivity contribution is -0.137. The molecule has 0 unspecified atom stereocenters. The molecule has 1 saturated heterocycles. The summed E-state index contributed by atoms with van der Waals surface area (Å²) in [5, 5.41) is 17.2. The molecule has 3 aromatic heterocycles. The first-order chi connectivity index (χ1) is 18.7. The van der Waals surface area contributed by atoms with Crippen LogP contribution in [0, 0.1) is 17.2 Å². The molecule has 1 saturated carbocycles. The summed E-state index contributed by atoms with van der Waals surface area (Å²) < 4.78 is 48.3. The molecule has 39 heavy (non-hydrogen) atoms. The Hall–Kier alpha value is -4.47. The number of benzene rings is 1. The number of halogens is 3. The maximum Gasteiger partial charge on any atom is 0.417 e. The van der Waals surface area contributed by atoms with Crippen LogP contribution < -0.4 is 0 Å². The zero-order valence-corrected chi connectivity index (χ0v) is 20.7. The van der Waals surface area contributed by atoms with Gasteiger partial charge in [-0.3, -0.25) is 9.88 Å². The van der Waals surface area contributed by atoms with Crippen molar-refractivity contribution in [2.45, 2.75) is 50.6 Å². The molecule has 1 amide bonds. The van der Waals surface area contributed by atoms with Crippen LogP contribution in [0.2, 0.25) is 0 Å². The number of hydrogen-bond acceptors (Lipinski definition) is 7. The van der Waals surface area contributed by atoms with Crippen molar-refractivity contribution in [2.24, 2.45) is 5.92 Å². The standard InChI is InChI=1S/C26H23F3N8O2/c27-26(28,29)19-7-21(11-31-10-19)37-14-20(33-34-37)13-35-15-25(39-24(35)38)5-1-2-18(8-25)12-36-16-32-22-4-3-17(9-30)6-23(22)36/h3-4,6-7,10-11,14,16,18H,1-2,5,8,12-13,15H2/t18-,25-/m0/s1. The van der Waals surface area contributed by atoms with Crippen molar-refractivity contribution in [1.82, 2.24) is 34.4 Å². The molecule has 6 rings (SSSR count). The van der Waals surface area contributed by atoms with E-state index in [9.17, 15) is 23.2 Å². The van der Waals surface area contributed by atoms with Gasteiger partial charge in [0, 0.05) is 12.7 Å². The highest BCUT2D eigenvalue weighted by molar-refractivity contribution is 5.77. The second-order valence-electron chi connectivity index (χ2n) is 10.2. The minimum absolute atomic E-state index is 0.119. The van der Waals surface area contributed by atoms with Crippen LogP contribution in [0.4, 0.5) is 18.0 Å². The molecule has 2 fully saturated rings. The van der Waals surface area contributed by atoms with Gasteiger partial charge in [-0.15, -0.1) is 5.10 Å². The maximum absolute atomic E-state index is 13.0. The molecule has 10 nitrogen and oxygen atoms in total. The molecule has 200 valence electrons. The second kappa shape index (κ2) is 9.37. The first-order valence-corrected chi connectivity index (χ1v) is 12.5. The second-order valence-corrected chi connectivity index (χ2v) is 10.2. The number of rotatable bonds is 5. The molecule has 0 bridgehead atoms. The largest absolute Gasteiger partial charge is 0.441 e. The quantitative estimate of drug-likeness (QED) is 0.369. The predicted molar refractivity (Wildman–Crippen MR) is 130 cm³/mol. The average molecular weight is 537 g/mol. The number of hydrogen-bond donors (Lipinski definition) is 0. The van der Waals surface area contributed by atoms with E-state index in [-0.39, 0.29) is 18.2 Å². The molecule has 0 radical (unpaired) electrons. The minimum Gasteiger partial charge on any atom is -0.441 e. The number of amides is 1. The molecule has 1 aliphatic carbocycles. The first kappa shape index (κ1) is 24.8. The Morgan fingerprint density at radius 2 is 2.10 bits per heavy atom. The summed E-state index contributed by atoms with van der Waals surface area (Å²) in [5.74, 6) is 0.254. The zero-order chi connectivity index (χ0) is 27.2. The number of fused-ring (bicyclic) bond motifs is 1. The van der Waals surface area contributed by atoms with Gasteiger partial charge < -0.3 is 9.30 Å². The Labute approximate surface area is 220 Å². The third-order valence-electron chi connectivity index (χ3n) is 7.36. The van der Waals surface area contributed by atoms with Crippen molar-refractivity contribution in [1.29, 1.82) is 5.26 Å². The summed E-state index contributed by atoms with van der Waals surface area (Å²) in [7, 11) is 0. The lowest BCUT2D eigenvalue weighted by atomic mass is 9.78. The van der Waals surface area contributed by atoms with Crippen LogP contribution in [0.25, 0.3) is 16.7 Å². The predicted octanol–water partition coefficient (Wildman–Crippen LogP) is 4.48. The Bertz CT molecular complexity index is 1590. The highest BCUT2D eigenvalue weighted by Gasteiger charge is 2.48. The lowest BCUT2D eigenvalue weighted by Gasteiger charge is -2.36. The smallest absolute Gasteiger partial charge is 0.417 e. The molecule has 2 aliphatic rings. The van der Waals surface area contributed by atoms with Crippen molar-refractivity contribution in [3.05, 3.63) is 66.0 Å². The van der Waals surface area contributed by atoms with Crippen LogP contribution in [-0.4, -0.2) is 52.7 Å². The van der Waals surface area contributed by atoms with Crippen LogP contribution >= 0.6 is 0 Å². The topological polar surface area (TPSA) is 115 Å². The van der Waals surface area contributed by atoms with E-state index in [0.717, 1.165) is 42.6 Å². The molecule has 13 heteroatoms. The number of carbonyl (C=O) groups excluding carboxylic acids is 1. The lowest BCUT2D eigenvalue weighted by Crippen LogP contribution is -2.40. The van der Waals surface area contributed by atoms with E-state index in [4.69, 9.17) is 4.74 Å². The van der Waals surface area contributed by atoms with Gasteiger partial charge in [0.2, 0.25) is 0 Å². The van der Waals surface area contributed by atoms with E-state index in [1.165, 1.54) is 17.1 Å². The van der Waals surface area contributed by atoms with Crippen molar-refractivity contribution in [3.8, 4) is 11.8 Å².